The number of carbonyl (C=O) groups excluding carboxylic acids is 1. The Labute approximate surface area is 152 Å². The number of ether oxygens (including phenoxy) is 1. The van der Waals surface area contributed by atoms with Crippen LogP contribution < -0.4 is 10.1 Å². The van der Waals surface area contributed by atoms with Gasteiger partial charge < -0.3 is 10.1 Å². The lowest BCUT2D eigenvalue weighted by Gasteiger charge is -2.09. The van der Waals surface area contributed by atoms with Gasteiger partial charge in [0.25, 0.3) is 5.91 Å². The van der Waals surface area contributed by atoms with E-state index in [4.69, 9.17) is 10.00 Å². The molecule has 0 aliphatic carbocycles. The third-order valence-electron chi connectivity index (χ3n) is 3.92. The van der Waals surface area contributed by atoms with E-state index in [0.29, 0.717) is 31.6 Å². The van der Waals surface area contributed by atoms with E-state index < -0.39 is 0 Å². The highest BCUT2D eigenvalue weighted by atomic mass is 16.5. The Morgan fingerprint density at radius 3 is 2.96 bits per heavy atom. The van der Waals surface area contributed by atoms with E-state index in [2.05, 4.69) is 16.4 Å². The Bertz CT molecular complexity index is 947. The number of rotatable bonds is 7. The second kappa shape index (κ2) is 8.63. The van der Waals surface area contributed by atoms with Crippen LogP contribution in [0.2, 0.25) is 0 Å². The van der Waals surface area contributed by atoms with Gasteiger partial charge in [-0.1, -0.05) is 18.2 Å². The highest BCUT2D eigenvalue weighted by molar-refractivity contribution is 5.97. The molecule has 0 radical (unpaired) electrons. The van der Waals surface area contributed by atoms with Crippen LogP contribution in [-0.2, 0) is 6.54 Å². The van der Waals surface area contributed by atoms with Crippen molar-refractivity contribution in [3.8, 4) is 11.8 Å². The number of nitrogens with zero attached hydrogens (tertiary/aromatic N) is 2. The predicted molar refractivity (Wildman–Crippen MR) is 99.7 cm³/mol. The van der Waals surface area contributed by atoms with Gasteiger partial charge in [-0.05, 0) is 48.4 Å². The second-order valence-electron chi connectivity index (χ2n) is 5.85. The molecule has 3 aromatic rings. The van der Waals surface area contributed by atoms with Crippen molar-refractivity contribution in [2.45, 2.75) is 19.4 Å². The number of carbonyl (C=O) groups is 1. The van der Waals surface area contributed by atoms with Crippen molar-refractivity contribution in [3.05, 3.63) is 71.9 Å². The van der Waals surface area contributed by atoms with Gasteiger partial charge in [-0.15, -0.1) is 0 Å². The molecule has 0 fully saturated rings. The van der Waals surface area contributed by atoms with Crippen molar-refractivity contribution in [3.63, 3.8) is 0 Å². The minimum absolute atomic E-state index is 0.129. The maximum absolute atomic E-state index is 12.4. The lowest BCUT2D eigenvalue weighted by atomic mass is 10.1. The fraction of sp³-hybridized carbons (Fsp3) is 0.190. The molecule has 0 bridgehead atoms. The van der Waals surface area contributed by atoms with E-state index in [0.717, 1.165) is 22.2 Å². The fourth-order valence-electron chi connectivity index (χ4n) is 2.59. The van der Waals surface area contributed by atoms with Gasteiger partial charge in [-0.2, -0.15) is 5.26 Å². The highest BCUT2D eigenvalue weighted by Crippen LogP contribution is 2.15. The smallest absolute Gasteiger partial charge is 0.251 e. The van der Waals surface area contributed by atoms with Crippen molar-refractivity contribution in [1.82, 2.24) is 10.3 Å². The summed E-state index contributed by atoms with van der Waals surface area (Å²) in [5.41, 5.74) is 2.43. The fourth-order valence-corrected chi connectivity index (χ4v) is 2.59. The Kier molecular flexibility index (Phi) is 5.79. The van der Waals surface area contributed by atoms with Crippen LogP contribution in [0.15, 0.2) is 60.8 Å². The van der Waals surface area contributed by atoms with Crippen LogP contribution in [0.3, 0.4) is 0 Å². The van der Waals surface area contributed by atoms with Crippen molar-refractivity contribution in [2.24, 2.45) is 0 Å². The summed E-state index contributed by atoms with van der Waals surface area (Å²) in [5.74, 6) is 0.613. The number of aromatic nitrogens is 1. The van der Waals surface area contributed by atoms with E-state index in [1.807, 2.05) is 48.5 Å². The standard InChI is InChI=1S/C21H19N3O2/c22-10-1-2-12-26-19-7-3-5-16(13-19)15-24-21(25)18-8-9-20-17(14-18)6-4-11-23-20/h3-9,11,13-14H,1-2,12,15H2,(H,24,25). The second-order valence-corrected chi connectivity index (χ2v) is 5.85. The van der Waals surface area contributed by atoms with Gasteiger partial charge >= 0.3 is 0 Å². The zero-order chi connectivity index (χ0) is 18.2. The first kappa shape index (κ1) is 17.4. The van der Waals surface area contributed by atoms with E-state index in [1.165, 1.54) is 0 Å². The molecule has 0 unspecified atom stereocenters. The molecule has 2 aromatic carbocycles. The summed E-state index contributed by atoms with van der Waals surface area (Å²) in [7, 11) is 0. The average Bonchev–Trinajstić information content (AvgIpc) is 2.69. The molecule has 5 nitrogen and oxygen atoms in total. The van der Waals surface area contributed by atoms with Crippen molar-refractivity contribution >= 4 is 16.8 Å². The van der Waals surface area contributed by atoms with E-state index >= 15 is 0 Å². The number of pyridine rings is 1. The van der Waals surface area contributed by atoms with Crippen LogP contribution in [0.4, 0.5) is 0 Å². The molecule has 0 atom stereocenters. The molecule has 0 saturated carbocycles. The third-order valence-corrected chi connectivity index (χ3v) is 3.92. The van der Waals surface area contributed by atoms with Crippen LogP contribution in [0.1, 0.15) is 28.8 Å². The van der Waals surface area contributed by atoms with Gasteiger partial charge in [0, 0.05) is 30.1 Å². The number of fused-ring (bicyclic) bond motifs is 1. The summed E-state index contributed by atoms with van der Waals surface area (Å²) in [6, 6.07) is 18.9. The van der Waals surface area contributed by atoms with Crippen LogP contribution in [0, 0.1) is 11.3 Å². The Balaban J connectivity index is 1.59. The molecular weight excluding hydrogens is 326 g/mol. The summed E-state index contributed by atoms with van der Waals surface area (Å²) in [4.78, 5) is 16.7. The molecule has 1 N–H and O–H groups in total. The molecule has 5 heteroatoms. The van der Waals surface area contributed by atoms with Gasteiger partial charge in [0.05, 0.1) is 18.2 Å². The van der Waals surface area contributed by atoms with Crippen LogP contribution in [0.5, 0.6) is 5.75 Å². The maximum atomic E-state index is 12.4. The summed E-state index contributed by atoms with van der Waals surface area (Å²) in [6.45, 7) is 0.924. The van der Waals surface area contributed by atoms with E-state index in [1.54, 1.807) is 12.3 Å². The molecule has 1 aromatic heterocycles. The van der Waals surface area contributed by atoms with Crippen molar-refractivity contribution < 1.29 is 9.53 Å². The van der Waals surface area contributed by atoms with Gasteiger partial charge in [-0.3, -0.25) is 9.78 Å². The molecule has 0 saturated heterocycles. The number of nitrogens with one attached hydrogen (secondary N) is 1. The normalized spacial score (nSPS) is 10.3. The van der Waals surface area contributed by atoms with Gasteiger partial charge in [0.1, 0.15) is 5.75 Å². The Morgan fingerprint density at radius 1 is 1.15 bits per heavy atom. The minimum Gasteiger partial charge on any atom is -0.494 e. The largest absolute Gasteiger partial charge is 0.494 e. The van der Waals surface area contributed by atoms with Crippen LogP contribution in [-0.4, -0.2) is 17.5 Å². The van der Waals surface area contributed by atoms with E-state index in [-0.39, 0.29) is 5.91 Å². The van der Waals surface area contributed by atoms with Crippen LogP contribution >= 0.6 is 0 Å². The number of unbranched alkanes of at least 4 members (excludes halogenated alkanes) is 1. The number of hydrogen-bond acceptors (Lipinski definition) is 4. The molecule has 0 aliphatic rings. The average molecular weight is 345 g/mol. The number of benzene rings is 2. The first-order valence-electron chi connectivity index (χ1n) is 8.48. The van der Waals surface area contributed by atoms with Crippen LogP contribution in [0.25, 0.3) is 10.9 Å². The van der Waals surface area contributed by atoms with Crippen molar-refractivity contribution in [2.75, 3.05) is 6.61 Å². The molecule has 26 heavy (non-hydrogen) atoms. The quantitative estimate of drug-likeness (QED) is 0.660. The van der Waals surface area contributed by atoms with Gasteiger partial charge in [-0.25, -0.2) is 0 Å². The Hall–Kier alpha value is -3.39. The first-order valence-corrected chi connectivity index (χ1v) is 8.48. The number of hydrogen-bond donors (Lipinski definition) is 1. The minimum atomic E-state index is -0.129. The summed E-state index contributed by atoms with van der Waals surface area (Å²) in [5, 5.41) is 12.4. The number of amides is 1. The summed E-state index contributed by atoms with van der Waals surface area (Å²) in [6.07, 6.45) is 2.92. The predicted octanol–water partition coefficient (Wildman–Crippen LogP) is 3.85. The topological polar surface area (TPSA) is 75.0 Å². The molecule has 1 amide bonds. The summed E-state index contributed by atoms with van der Waals surface area (Å²) >= 11 is 0. The molecular formula is C21H19N3O2. The van der Waals surface area contributed by atoms with Gasteiger partial charge in [0.15, 0.2) is 0 Å². The zero-order valence-corrected chi connectivity index (χ0v) is 14.3. The van der Waals surface area contributed by atoms with E-state index in [9.17, 15) is 4.79 Å². The lowest BCUT2D eigenvalue weighted by molar-refractivity contribution is 0.0951. The summed E-state index contributed by atoms with van der Waals surface area (Å²) < 4.78 is 5.62. The highest BCUT2D eigenvalue weighted by Gasteiger charge is 2.07. The SMILES string of the molecule is N#CCCCOc1cccc(CNC(=O)c2ccc3ncccc3c2)c1. The molecule has 0 aliphatic heterocycles. The zero-order valence-electron chi connectivity index (χ0n) is 14.3. The van der Waals surface area contributed by atoms with Gasteiger partial charge in [0.2, 0.25) is 0 Å². The monoisotopic (exact) mass is 345 g/mol. The first-order chi connectivity index (χ1) is 12.8. The Morgan fingerprint density at radius 2 is 2.08 bits per heavy atom. The molecule has 0 spiro atoms. The number of nitriles is 1. The third kappa shape index (κ3) is 4.58. The lowest BCUT2D eigenvalue weighted by Crippen LogP contribution is -2.22. The molecule has 130 valence electrons. The molecule has 3 rings (SSSR count). The van der Waals surface area contributed by atoms with Crippen molar-refractivity contribution in [1.29, 1.82) is 5.26 Å². The molecule has 1 heterocycles. The maximum Gasteiger partial charge on any atom is 0.251 e.